The van der Waals surface area contributed by atoms with Crippen molar-refractivity contribution < 1.29 is 22.3 Å². The van der Waals surface area contributed by atoms with Gasteiger partial charge in [-0.05, 0) is 30.5 Å². The van der Waals surface area contributed by atoms with E-state index < -0.39 is 12.8 Å². The summed E-state index contributed by atoms with van der Waals surface area (Å²) in [6, 6.07) is 3.43. The minimum atomic E-state index is -4.29. The van der Waals surface area contributed by atoms with E-state index in [1.807, 2.05) is 0 Å². The van der Waals surface area contributed by atoms with Crippen LogP contribution in [0.1, 0.15) is 16.7 Å². The van der Waals surface area contributed by atoms with Gasteiger partial charge in [0, 0.05) is 13.1 Å². The molecular formula is C13H17F4NO. The van der Waals surface area contributed by atoms with Gasteiger partial charge in [-0.15, -0.1) is 0 Å². The second-order valence-electron chi connectivity index (χ2n) is 4.39. The Labute approximate surface area is 109 Å². The largest absolute Gasteiger partial charge is 0.411 e. The molecular weight excluding hydrogens is 262 g/mol. The molecule has 0 heterocycles. The number of rotatable bonds is 6. The highest BCUT2D eigenvalue weighted by Gasteiger charge is 2.27. The zero-order valence-electron chi connectivity index (χ0n) is 10.9. The highest BCUT2D eigenvalue weighted by Crippen LogP contribution is 2.15. The van der Waals surface area contributed by atoms with E-state index in [4.69, 9.17) is 0 Å². The van der Waals surface area contributed by atoms with Gasteiger partial charge >= 0.3 is 6.18 Å². The molecule has 0 aromatic heterocycles. The molecule has 0 atom stereocenters. The Morgan fingerprint density at radius 3 is 2.26 bits per heavy atom. The SMILES string of the molecule is Cc1cc(CNCCOCC(F)(F)F)cc(C)c1F. The van der Waals surface area contributed by atoms with Crippen LogP contribution in [0, 0.1) is 19.7 Å². The molecule has 1 aromatic carbocycles. The van der Waals surface area contributed by atoms with Gasteiger partial charge in [-0.1, -0.05) is 12.1 Å². The topological polar surface area (TPSA) is 21.3 Å². The lowest BCUT2D eigenvalue weighted by molar-refractivity contribution is -0.173. The molecule has 0 fully saturated rings. The van der Waals surface area contributed by atoms with E-state index in [9.17, 15) is 17.6 Å². The van der Waals surface area contributed by atoms with Gasteiger partial charge in [0.15, 0.2) is 0 Å². The summed E-state index contributed by atoms with van der Waals surface area (Å²) in [7, 11) is 0. The fraction of sp³-hybridized carbons (Fsp3) is 0.538. The van der Waals surface area contributed by atoms with Crippen LogP contribution in [-0.4, -0.2) is 25.9 Å². The minimum absolute atomic E-state index is 0.0152. The molecule has 0 aliphatic heterocycles. The van der Waals surface area contributed by atoms with E-state index in [0.29, 0.717) is 24.2 Å². The normalized spacial score (nSPS) is 11.9. The van der Waals surface area contributed by atoms with Gasteiger partial charge in [-0.3, -0.25) is 0 Å². The van der Waals surface area contributed by atoms with Crippen molar-refractivity contribution in [1.82, 2.24) is 5.32 Å². The lowest BCUT2D eigenvalue weighted by atomic mass is 10.1. The molecule has 2 nitrogen and oxygen atoms in total. The Morgan fingerprint density at radius 1 is 1.16 bits per heavy atom. The van der Waals surface area contributed by atoms with Crippen molar-refractivity contribution in [2.24, 2.45) is 0 Å². The van der Waals surface area contributed by atoms with Crippen LogP contribution >= 0.6 is 0 Å². The zero-order chi connectivity index (χ0) is 14.5. The Morgan fingerprint density at radius 2 is 1.74 bits per heavy atom. The van der Waals surface area contributed by atoms with E-state index in [-0.39, 0.29) is 12.4 Å². The summed E-state index contributed by atoms with van der Waals surface area (Å²) < 4.78 is 53.1. The van der Waals surface area contributed by atoms with Crippen LogP contribution in [0.25, 0.3) is 0 Å². The molecule has 0 amide bonds. The lowest BCUT2D eigenvalue weighted by Gasteiger charge is -2.10. The number of aryl methyl sites for hydroxylation is 2. The van der Waals surface area contributed by atoms with Crippen LogP contribution in [0.15, 0.2) is 12.1 Å². The van der Waals surface area contributed by atoms with Gasteiger partial charge in [-0.25, -0.2) is 4.39 Å². The van der Waals surface area contributed by atoms with E-state index in [0.717, 1.165) is 5.56 Å². The Kier molecular flexibility index (Phi) is 5.75. The van der Waals surface area contributed by atoms with Crippen LogP contribution in [-0.2, 0) is 11.3 Å². The number of halogens is 4. The number of hydrogen-bond donors (Lipinski definition) is 1. The highest BCUT2D eigenvalue weighted by molar-refractivity contribution is 5.30. The quantitative estimate of drug-likeness (QED) is 0.638. The standard InChI is InChI=1S/C13H17F4NO/c1-9-5-11(6-10(2)12(9)14)7-18-3-4-19-8-13(15,16)17/h5-6,18H,3-4,7-8H2,1-2H3. The monoisotopic (exact) mass is 279 g/mol. The Hall–Kier alpha value is -1.14. The third-order valence-corrected chi connectivity index (χ3v) is 2.51. The molecule has 0 saturated carbocycles. The van der Waals surface area contributed by atoms with Gasteiger partial charge < -0.3 is 10.1 Å². The first-order valence-electron chi connectivity index (χ1n) is 5.90. The third kappa shape index (κ3) is 6.02. The third-order valence-electron chi connectivity index (χ3n) is 2.51. The van der Waals surface area contributed by atoms with Crippen LogP contribution in [0.4, 0.5) is 17.6 Å². The lowest BCUT2D eigenvalue weighted by Crippen LogP contribution is -2.23. The number of hydrogen-bond acceptors (Lipinski definition) is 2. The second kappa shape index (κ2) is 6.86. The molecule has 1 N–H and O–H groups in total. The maximum Gasteiger partial charge on any atom is 0.411 e. The number of ether oxygens (including phenoxy) is 1. The molecule has 108 valence electrons. The smallest absolute Gasteiger partial charge is 0.371 e. The van der Waals surface area contributed by atoms with Crippen molar-refractivity contribution in [3.63, 3.8) is 0 Å². The molecule has 0 radical (unpaired) electrons. The first-order chi connectivity index (χ1) is 8.79. The van der Waals surface area contributed by atoms with Crippen LogP contribution < -0.4 is 5.32 Å². The first-order valence-corrected chi connectivity index (χ1v) is 5.90. The van der Waals surface area contributed by atoms with Gasteiger partial charge in [0.25, 0.3) is 0 Å². The molecule has 6 heteroatoms. The summed E-state index contributed by atoms with van der Waals surface area (Å²) in [5, 5.41) is 2.95. The summed E-state index contributed by atoms with van der Waals surface area (Å²) in [6.45, 7) is 2.89. The average Bonchev–Trinajstić information content (AvgIpc) is 2.29. The first kappa shape index (κ1) is 15.9. The van der Waals surface area contributed by atoms with Gasteiger partial charge in [0.1, 0.15) is 12.4 Å². The van der Waals surface area contributed by atoms with Crippen LogP contribution in [0.2, 0.25) is 0 Å². The van der Waals surface area contributed by atoms with E-state index >= 15 is 0 Å². The maximum absolute atomic E-state index is 13.4. The van der Waals surface area contributed by atoms with Crippen molar-refractivity contribution in [2.75, 3.05) is 19.8 Å². The molecule has 0 bridgehead atoms. The molecule has 0 aliphatic rings. The van der Waals surface area contributed by atoms with E-state index in [1.165, 1.54) is 0 Å². The summed E-state index contributed by atoms with van der Waals surface area (Å²) >= 11 is 0. The molecule has 0 spiro atoms. The summed E-state index contributed by atoms with van der Waals surface area (Å²) in [5.74, 6) is -0.225. The Bertz CT molecular complexity index is 395. The average molecular weight is 279 g/mol. The fourth-order valence-corrected chi connectivity index (χ4v) is 1.70. The Balaban J connectivity index is 2.27. The van der Waals surface area contributed by atoms with Crippen molar-refractivity contribution in [3.8, 4) is 0 Å². The van der Waals surface area contributed by atoms with Gasteiger partial charge in [0.05, 0.1) is 6.61 Å². The van der Waals surface area contributed by atoms with E-state index in [2.05, 4.69) is 10.1 Å². The highest BCUT2D eigenvalue weighted by atomic mass is 19.4. The maximum atomic E-state index is 13.4. The second-order valence-corrected chi connectivity index (χ2v) is 4.39. The molecule has 0 saturated heterocycles. The molecule has 1 aromatic rings. The van der Waals surface area contributed by atoms with Crippen LogP contribution in [0.5, 0.6) is 0 Å². The molecule has 0 unspecified atom stereocenters. The van der Waals surface area contributed by atoms with Crippen molar-refractivity contribution >= 4 is 0 Å². The fourth-order valence-electron chi connectivity index (χ4n) is 1.70. The van der Waals surface area contributed by atoms with Gasteiger partial charge in [0.2, 0.25) is 0 Å². The molecule has 0 aliphatic carbocycles. The minimum Gasteiger partial charge on any atom is -0.371 e. The predicted octanol–water partition coefficient (Wildman–Crippen LogP) is 3.11. The molecule has 19 heavy (non-hydrogen) atoms. The molecule has 1 rings (SSSR count). The summed E-state index contributed by atoms with van der Waals surface area (Å²) in [4.78, 5) is 0. The summed E-state index contributed by atoms with van der Waals surface area (Å²) in [6.07, 6.45) is -4.29. The predicted molar refractivity (Wildman–Crippen MR) is 64.5 cm³/mol. The van der Waals surface area contributed by atoms with Crippen molar-refractivity contribution in [1.29, 1.82) is 0 Å². The van der Waals surface area contributed by atoms with Crippen molar-refractivity contribution in [2.45, 2.75) is 26.6 Å². The number of benzene rings is 1. The van der Waals surface area contributed by atoms with E-state index in [1.54, 1.807) is 26.0 Å². The zero-order valence-corrected chi connectivity index (χ0v) is 10.9. The van der Waals surface area contributed by atoms with Crippen molar-refractivity contribution in [3.05, 3.63) is 34.6 Å². The van der Waals surface area contributed by atoms with Crippen LogP contribution in [0.3, 0.4) is 0 Å². The number of alkyl halides is 3. The van der Waals surface area contributed by atoms with Gasteiger partial charge in [-0.2, -0.15) is 13.2 Å². The number of nitrogens with one attached hydrogen (secondary N) is 1. The summed E-state index contributed by atoms with van der Waals surface area (Å²) in [5.41, 5.74) is 2.02.